The van der Waals surface area contributed by atoms with Gasteiger partial charge in [-0.2, -0.15) is 10.2 Å². The zero-order valence-electron chi connectivity index (χ0n) is 49.3. The summed E-state index contributed by atoms with van der Waals surface area (Å²) in [5, 5.41) is 16.3. The van der Waals surface area contributed by atoms with Gasteiger partial charge < -0.3 is 33.2 Å². The third-order valence-corrected chi connectivity index (χ3v) is 14.1. The number of nitrogens with zero attached hydrogens (tertiary/aromatic N) is 4. The molecule has 13 nitrogen and oxygen atoms in total. The summed E-state index contributed by atoms with van der Waals surface area (Å²) in [4.78, 5) is 24.9. The van der Waals surface area contributed by atoms with Gasteiger partial charge in [0, 0.05) is 13.2 Å². The van der Waals surface area contributed by atoms with Crippen LogP contribution in [0.25, 0.3) is 0 Å². The molecular weight excluding hydrogens is 852 g/mol. The van der Waals surface area contributed by atoms with Gasteiger partial charge in [0.2, 0.25) is 0 Å². The minimum Gasteiger partial charge on any atom is -0.485 e. The summed E-state index contributed by atoms with van der Waals surface area (Å²) in [6, 6.07) is 11.4. The van der Waals surface area contributed by atoms with E-state index in [-0.39, 0.29) is 50.9 Å². The molecule has 0 unspecified atom stereocenters. The minimum absolute atomic E-state index is 0.0767. The second kappa shape index (κ2) is 24.5. The number of aromatic nitrogens is 4. The lowest BCUT2D eigenvalue weighted by atomic mass is 10.1. The summed E-state index contributed by atoms with van der Waals surface area (Å²) in [6.45, 7) is 5.17. The average Bonchev–Trinajstić information content (AvgIpc) is 3.85. The van der Waals surface area contributed by atoms with Gasteiger partial charge >= 0.3 is 0 Å². The van der Waals surface area contributed by atoms with E-state index in [4.69, 9.17) is 72.9 Å². The first-order valence-corrected chi connectivity index (χ1v) is 23.4. The monoisotopic (exact) mass is 930 g/mol. The van der Waals surface area contributed by atoms with Crippen molar-refractivity contribution >= 4 is 31.5 Å². The Balaban J connectivity index is 0.000000361. The van der Waals surface area contributed by atoms with E-state index < -0.39 is 69.9 Å². The number of ether oxygens (including phenoxy) is 5. The van der Waals surface area contributed by atoms with Crippen LogP contribution in [0.2, 0.25) is 28.2 Å². The molecule has 344 valence electrons. The zero-order chi connectivity index (χ0) is 56.9. The molecular formula is C46H68Cl2N4O9Si. The van der Waals surface area contributed by atoms with Gasteiger partial charge in [-0.25, -0.2) is 9.36 Å². The molecule has 0 radical (unpaired) electrons. The number of halogens is 2. The molecule has 1 saturated heterocycles. The van der Waals surface area contributed by atoms with Crippen LogP contribution in [0.1, 0.15) is 114 Å². The van der Waals surface area contributed by atoms with Crippen molar-refractivity contribution in [3.8, 4) is 11.5 Å². The van der Waals surface area contributed by atoms with Crippen molar-refractivity contribution < 1.29 is 49.7 Å². The molecule has 3 heterocycles. The fourth-order valence-corrected chi connectivity index (χ4v) is 5.55. The van der Waals surface area contributed by atoms with Gasteiger partial charge in [0.25, 0.3) is 11.1 Å². The van der Waals surface area contributed by atoms with Crippen molar-refractivity contribution in [2.45, 2.75) is 131 Å². The maximum atomic E-state index is 12.5. The fourth-order valence-electron chi connectivity index (χ4n) is 4.61. The SMILES string of the molecule is C1CCOC1.[2H]C([2H])(Oc1cnn(C(C)(C)C)c(=O)c1Cl)c1ccc(COC([2H])([2H])C([2H])([2H])O)cc1.[2H]C([2H])(Oc1cnn(C(C)(C)C)c(=O)c1Cl)c1ccc(COC([2H])([2H])C([2H])([2H])O[Si](C)(C)C(C)(C)C)cc1. The first kappa shape index (κ1) is 36.7. The van der Waals surface area contributed by atoms with E-state index in [9.17, 15) is 9.59 Å². The number of aliphatic hydroxyl groups is 1. The zero-order valence-corrected chi connectivity index (χ0v) is 39.8. The van der Waals surface area contributed by atoms with Crippen molar-refractivity contribution in [2.24, 2.45) is 0 Å². The van der Waals surface area contributed by atoms with E-state index >= 15 is 0 Å². The normalized spacial score (nSPS) is 17.5. The summed E-state index contributed by atoms with van der Waals surface area (Å²) in [7, 11) is -2.62. The highest BCUT2D eigenvalue weighted by molar-refractivity contribution is 6.74. The van der Waals surface area contributed by atoms with Crippen molar-refractivity contribution in [2.75, 3.05) is 39.4 Å². The van der Waals surface area contributed by atoms with Crippen LogP contribution in [0.4, 0.5) is 0 Å². The lowest BCUT2D eigenvalue weighted by Crippen LogP contribution is -2.41. The first-order valence-electron chi connectivity index (χ1n) is 25.8. The summed E-state index contributed by atoms with van der Waals surface area (Å²) in [5.41, 5.74) is -1.41. The van der Waals surface area contributed by atoms with E-state index in [1.807, 2.05) is 33.9 Å². The smallest absolute Gasteiger partial charge is 0.289 e. The number of hydrogen-bond donors (Lipinski definition) is 1. The van der Waals surface area contributed by atoms with Gasteiger partial charge in [-0.3, -0.25) is 9.59 Å². The Hall–Kier alpha value is -3.60. The molecule has 1 aliphatic heterocycles. The highest BCUT2D eigenvalue weighted by Gasteiger charge is 2.36. The second-order valence-electron chi connectivity index (χ2n) is 17.4. The van der Waals surface area contributed by atoms with Gasteiger partial charge in [0.1, 0.15) is 13.1 Å². The molecule has 4 aromatic rings. The number of hydrogen-bond acceptors (Lipinski definition) is 11. The van der Waals surface area contributed by atoms with Gasteiger partial charge in [-0.1, -0.05) is 92.5 Å². The highest BCUT2D eigenvalue weighted by Crippen LogP contribution is 2.36. The fraction of sp³-hybridized carbons (Fsp3) is 0.565. The third kappa shape index (κ3) is 17.2. The highest BCUT2D eigenvalue weighted by atomic mass is 35.5. The van der Waals surface area contributed by atoms with Gasteiger partial charge in [0.15, 0.2) is 29.9 Å². The van der Waals surface area contributed by atoms with E-state index in [1.165, 1.54) is 83.1 Å². The van der Waals surface area contributed by atoms with E-state index in [1.54, 1.807) is 41.5 Å². The Morgan fingerprint density at radius 3 is 1.40 bits per heavy atom. The van der Waals surface area contributed by atoms with Crippen LogP contribution in [0.3, 0.4) is 0 Å². The molecule has 0 aliphatic carbocycles. The Morgan fingerprint density at radius 1 is 0.677 bits per heavy atom. The van der Waals surface area contributed by atoms with Crippen LogP contribution < -0.4 is 20.6 Å². The molecule has 1 N–H and O–H groups in total. The van der Waals surface area contributed by atoms with E-state index in [0.29, 0.717) is 11.1 Å². The van der Waals surface area contributed by atoms with Crippen LogP contribution in [0, 0.1) is 0 Å². The van der Waals surface area contributed by atoms with E-state index in [0.717, 1.165) is 13.2 Å². The lowest BCUT2D eigenvalue weighted by Gasteiger charge is -2.36. The summed E-state index contributed by atoms with van der Waals surface area (Å²) in [6.07, 6.45) is 4.91. The molecule has 62 heavy (non-hydrogen) atoms. The van der Waals surface area contributed by atoms with Gasteiger partial charge in [0.05, 0.1) is 79.4 Å². The van der Waals surface area contributed by atoms with Crippen LogP contribution in [0.5, 0.6) is 11.5 Å². The molecule has 5 rings (SSSR count). The Morgan fingerprint density at radius 2 is 1.06 bits per heavy atom. The van der Waals surface area contributed by atoms with Crippen LogP contribution in [0.15, 0.2) is 70.5 Å². The molecule has 0 saturated carbocycles. The van der Waals surface area contributed by atoms with Crippen LogP contribution >= 0.6 is 23.2 Å². The molecule has 1 aliphatic rings. The number of rotatable bonds is 16. The predicted molar refractivity (Wildman–Crippen MR) is 248 cm³/mol. The topological polar surface area (TPSA) is 145 Å². The maximum absolute atomic E-state index is 12.5. The Kier molecular flexibility index (Phi) is 14.5. The second-order valence-corrected chi connectivity index (χ2v) is 22.9. The van der Waals surface area contributed by atoms with Crippen molar-refractivity contribution in [3.63, 3.8) is 0 Å². The largest absolute Gasteiger partial charge is 0.485 e. The molecule has 16 heteroatoms. The van der Waals surface area contributed by atoms with Crippen molar-refractivity contribution in [1.29, 1.82) is 0 Å². The quantitative estimate of drug-likeness (QED) is 0.107. The van der Waals surface area contributed by atoms with Crippen LogP contribution in [-0.4, -0.2) is 72.4 Å². The molecule has 0 bridgehead atoms. The number of benzene rings is 2. The standard InChI is InChI=1S/C24H37ClN2O4Si.C18H23ClN2O4.C4H8O/c1-23(2,3)27-22(28)21(25)20(15-26-27)30-17-19-11-9-18(10-12-19)16-29-13-14-31-32(7,8)24(4,5)6;1-18(2,3)21-17(23)16(19)15(10-20-21)25-12-14-6-4-13(5-7-14)11-24-9-8-22;1-2-4-5-3-1/h9-12,15H,13-14,16-17H2,1-8H3;4-7,10,22H,8-9,11-12H2,1-3H3;1-4H2/i13D2,14D2,17D2;8D2,9D2,12D2;. The minimum atomic E-state index is -3.19. The predicted octanol–water partition coefficient (Wildman–Crippen LogP) is 9.31. The van der Waals surface area contributed by atoms with Gasteiger partial charge in [-0.05, 0) is 94.8 Å². The van der Waals surface area contributed by atoms with E-state index in [2.05, 4.69) is 10.2 Å². The molecule has 2 aromatic heterocycles. The Labute approximate surface area is 395 Å². The lowest BCUT2D eigenvalue weighted by molar-refractivity contribution is 0.0815. The first-order chi connectivity index (χ1) is 33.4. The van der Waals surface area contributed by atoms with Gasteiger partial charge in [-0.15, -0.1) is 0 Å². The van der Waals surface area contributed by atoms with Crippen molar-refractivity contribution in [1.82, 2.24) is 19.6 Å². The maximum Gasteiger partial charge on any atom is 0.289 e. The summed E-state index contributed by atoms with van der Waals surface area (Å²) in [5.74, 6) is -0.422. The molecule has 2 aromatic carbocycles. The third-order valence-electron chi connectivity index (χ3n) is 9.16. The average molecular weight is 932 g/mol. The molecule has 1 fully saturated rings. The summed E-state index contributed by atoms with van der Waals surface area (Å²) < 4.78 is 128. The molecule has 0 spiro atoms. The summed E-state index contributed by atoms with van der Waals surface area (Å²) >= 11 is 12.2. The molecule has 0 amide bonds. The van der Waals surface area contributed by atoms with Crippen molar-refractivity contribution in [3.05, 3.63) is 114 Å². The molecule has 0 atom stereocenters. The Bertz CT molecular complexity index is 2610. The van der Waals surface area contributed by atoms with Crippen LogP contribution in [-0.2, 0) is 56.0 Å².